The van der Waals surface area contributed by atoms with Gasteiger partial charge in [0.2, 0.25) is 0 Å². The summed E-state index contributed by atoms with van der Waals surface area (Å²) in [5.41, 5.74) is 1.10. The molecule has 0 aliphatic carbocycles. The van der Waals surface area contributed by atoms with Gasteiger partial charge in [-0.15, -0.1) is 0 Å². The third-order valence-electron chi connectivity index (χ3n) is 2.87. The minimum Gasteiger partial charge on any atom is -0.453 e. The molecule has 112 valence electrons. The van der Waals surface area contributed by atoms with E-state index in [-0.39, 0.29) is 5.75 Å². The number of hydrogen-bond acceptors (Lipinski definition) is 2. The Bertz CT molecular complexity index is 619. The monoisotopic (exact) mass is 355 g/mol. The Labute approximate surface area is 131 Å². The number of nitrogens with one attached hydrogen (secondary N) is 1. The third-order valence-corrected chi connectivity index (χ3v) is 3.49. The first-order valence-corrected chi connectivity index (χ1v) is 7.51. The van der Waals surface area contributed by atoms with Gasteiger partial charge in [0.15, 0.2) is 11.6 Å². The molecule has 0 saturated carbocycles. The fraction of sp³-hybridized carbons (Fsp3) is 0.250. The molecule has 0 heterocycles. The lowest BCUT2D eigenvalue weighted by Gasteiger charge is -2.10. The van der Waals surface area contributed by atoms with Crippen molar-refractivity contribution in [1.29, 1.82) is 0 Å². The molecular formula is C16H16BrF2NO. The second-order valence-electron chi connectivity index (χ2n) is 4.62. The van der Waals surface area contributed by atoms with Crippen LogP contribution in [0.1, 0.15) is 18.9 Å². The maximum atomic E-state index is 13.6. The zero-order valence-corrected chi connectivity index (χ0v) is 13.2. The summed E-state index contributed by atoms with van der Waals surface area (Å²) in [5.74, 6) is -0.874. The van der Waals surface area contributed by atoms with Crippen molar-refractivity contribution in [3.05, 3.63) is 58.1 Å². The van der Waals surface area contributed by atoms with E-state index in [1.54, 1.807) is 6.07 Å². The van der Waals surface area contributed by atoms with Gasteiger partial charge in [-0.1, -0.05) is 13.0 Å². The number of benzene rings is 2. The topological polar surface area (TPSA) is 21.3 Å². The van der Waals surface area contributed by atoms with Crippen molar-refractivity contribution in [1.82, 2.24) is 5.32 Å². The summed E-state index contributed by atoms with van der Waals surface area (Å²) in [4.78, 5) is 0. The van der Waals surface area contributed by atoms with E-state index in [4.69, 9.17) is 4.74 Å². The van der Waals surface area contributed by atoms with E-state index in [2.05, 4.69) is 28.2 Å². The van der Waals surface area contributed by atoms with Crippen LogP contribution in [0.3, 0.4) is 0 Å². The number of halogens is 3. The van der Waals surface area contributed by atoms with Crippen LogP contribution in [-0.2, 0) is 6.54 Å². The number of rotatable bonds is 6. The molecule has 2 rings (SSSR count). The zero-order chi connectivity index (χ0) is 15.2. The largest absolute Gasteiger partial charge is 0.453 e. The van der Waals surface area contributed by atoms with E-state index in [0.29, 0.717) is 5.75 Å². The molecule has 1 N–H and O–H groups in total. The van der Waals surface area contributed by atoms with E-state index in [9.17, 15) is 8.78 Å². The average Bonchev–Trinajstić information content (AvgIpc) is 2.44. The Kier molecular flexibility index (Phi) is 5.70. The van der Waals surface area contributed by atoms with Crippen molar-refractivity contribution in [2.24, 2.45) is 0 Å². The standard InChI is InChI=1S/C16H16BrF2NO/c1-2-7-20-10-11-3-5-15(13(17)8-11)21-16-6-4-12(18)9-14(16)19/h3-6,8-9,20H,2,7,10H2,1H3. The molecule has 0 amide bonds. The van der Waals surface area contributed by atoms with Gasteiger partial charge in [0.25, 0.3) is 0 Å². The summed E-state index contributed by atoms with van der Waals surface area (Å²) in [5, 5.41) is 3.30. The van der Waals surface area contributed by atoms with Gasteiger partial charge in [-0.3, -0.25) is 0 Å². The molecule has 0 aromatic heterocycles. The Balaban J connectivity index is 2.10. The minimum atomic E-state index is -0.726. The van der Waals surface area contributed by atoms with Crippen LogP contribution in [0.2, 0.25) is 0 Å². The lowest BCUT2D eigenvalue weighted by atomic mass is 10.2. The summed E-state index contributed by atoms with van der Waals surface area (Å²) in [6, 6.07) is 8.81. The SMILES string of the molecule is CCCNCc1ccc(Oc2ccc(F)cc2F)c(Br)c1. The molecule has 2 aromatic rings. The van der Waals surface area contributed by atoms with Crippen molar-refractivity contribution in [3.63, 3.8) is 0 Å². The molecule has 0 unspecified atom stereocenters. The third kappa shape index (κ3) is 4.51. The van der Waals surface area contributed by atoms with Crippen molar-refractivity contribution >= 4 is 15.9 Å². The van der Waals surface area contributed by atoms with Crippen LogP contribution >= 0.6 is 15.9 Å². The van der Waals surface area contributed by atoms with Gasteiger partial charge in [-0.25, -0.2) is 8.78 Å². The fourth-order valence-corrected chi connectivity index (χ4v) is 2.33. The van der Waals surface area contributed by atoms with E-state index in [0.717, 1.165) is 41.7 Å². The van der Waals surface area contributed by atoms with Gasteiger partial charge in [-0.2, -0.15) is 0 Å². The molecule has 2 aromatic carbocycles. The smallest absolute Gasteiger partial charge is 0.168 e. The van der Waals surface area contributed by atoms with Crippen LogP contribution < -0.4 is 10.1 Å². The molecule has 0 atom stereocenters. The van der Waals surface area contributed by atoms with Crippen LogP contribution in [0, 0.1) is 11.6 Å². The summed E-state index contributed by atoms with van der Waals surface area (Å²) >= 11 is 3.40. The van der Waals surface area contributed by atoms with Crippen LogP contribution in [0.5, 0.6) is 11.5 Å². The molecular weight excluding hydrogens is 340 g/mol. The summed E-state index contributed by atoms with van der Waals surface area (Å²) in [7, 11) is 0. The van der Waals surface area contributed by atoms with E-state index in [1.165, 1.54) is 6.07 Å². The molecule has 0 aliphatic rings. The van der Waals surface area contributed by atoms with Crippen molar-refractivity contribution < 1.29 is 13.5 Å². The van der Waals surface area contributed by atoms with E-state index >= 15 is 0 Å². The Morgan fingerprint density at radius 1 is 1.10 bits per heavy atom. The lowest BCUT2D eigenvalue weighted by molar-refractivity contribution is 0.435. The zero-order valence-electron chi connectivity index (χ0n) is 11.6. The molecule has 0 fully saturated rings. The molecule has 0 saturated heterocycles. The summed E-state index contributed by atoms with van der Waals surface area (Å²) in [6.45, 7) is 3.82. The highest BCUT2D eigenvalue weighted by atomic mass is 79.9. The Morgan fingerprint density at radius 3 is 2.52 bits per heavy atom. The highest BCUT2D eigenvalue weighted by Gasteiger charge is 2.09. The maximum Gasteiger partial charge on any atom is 0.168 e. The van der Waals surface area contributed by atoms with Crippen LogP contribution in [-0.4, -0.2) is 6.54 Å². The van der Waals surface area contributed by atoms with Crippen molar-refractivity contribution in [2.75, 3.05) is 6.54 Å². The Morgan fingerprint density at radius 2 is 1.86 bits per heavy atom. The van der Waals surface area contributed by atoms with Crippen LogP contribution in [0.4, 0.5) is 8.78 Å². The highest BCUT2D eigenvalue weighted by molar-refractivity contribution is 9.10. The molecule has 0 spiro atoms. The quantitative estimate of drug-likeness (QED) is 0.734. The van der Waals surface area contributed by atoms with Gasteiger partial charge < -0.3 is 10.1 Å². The predicted octanol–water partition coefficient (Wildman–Crippen LogP) is 5.02. The van der Waals surface area contributed by atoms with Gasteiger partial charge in [0, 0.05) is 12.6 Å². The van der Waals surface area contributed by atoms with Crippen LogP contribution in [0.15, 0.2) is 40.9 Å². The molecule has 0 radical (unpaired) electrons. The van der Waals surface area contributed by atoms with Gasteiger partial charge in [-0.05, 0) is 58.7 Å². The first-order valence-electron chi connectivity index (χ1n) is 6.72. The number of hydrogen-bond donors (Lipinski definition) is 1. The maximum absolute atomic E-state index is 13.6. The molecule has 2 nitrogen and oxygen atoms in total. The second kappa shape index (κ2) is 7.52. The van der Waals surface area contributed by atoms with Crippen LogP contribution in [0.25, 0.3) is 0 Å². The Hall–Kier alpha value is -1.46. The average molecular weight is 356 g/mol. The first kappa shape index (κ1) is 15.9. The lowest BCUT2D eigenvalue weighted by Crippen LogP contribution is -2.13. The van der Waals surface area contributed by atoms with E-state index in [1.807, 2.05) is 12.1 Å². The number of ether oxygens (including phenoxy) is 1. The molecule has 21 heavy (non-hydrogen) atoms. The predicted molar refractivity (Wildman–Crippen MR) is 82.6 cm³/mol. The van der Waals surface area contributed by atoms with Crippen molar-refractivity contribution in [2.45, 2.75) is 19.9 Å². The normalized spacial score (nSPS) is 10.7. The van der Waals surface area contributed by atoms with Crippen molar-refractivity contribution in [3.8, 4) is 11.5 Å². The van der Waals surface area contributed by atoms with Gasteiger partial charge >= 0.3 is 0 Å². The highest BCUT2D eigenvalue weighted by Crippen LogP contribution is 2.32. The minimum absolute atomic E-state index is 0.00559. The van der Waals surface area contributed by atoms with Gasteiger partial charge in [0.05, 0.1) is 4.47 Å². The molecule has 5 heteroatoms. The summed E-state index contributed by atoms with van der Waals surface area (Å²) in [6.07, 6.45) is 1.08. The van der Waals surface area contributed by atoms with Gasteiger partial charge in [0.1, 0.15) is 11.6 Å². The summed E-state index contributed by atoms with van der Waals surface area (Å²) < 4.78 is 32.6. The fourth-order valence-electron chi connectivity index (χ4n) is 1.82. The first-order chi connectivity index (χ1) is 10.1. The second-order valence-corrected chi connectivity index (χ2v) is 5.47. The van der Waals surface area contributed by atoms with E-state index < -0.39 is 11.6 Å². The molecule has 0 aliphatic heterocycles. The molecule has 0 bridgehead atoms.